The number of hydrogen-bond donors (Lipinski definition) is 2. The lowest BCUT2D eigenvalue weighted by atomic mass is 10.1. The molecule has 1 aromatic rings. The Morgan fingerprint density at radius 3 is 2.84 bits per heavy atom. The quantitative estimate of drug-likeness (QED) is 0.795. The van der Waals surface area contributed by atoms with Gasteiger partial charge in [-0.2, -0.15) is 0 Å². The van der Waals surface area contributed by atoms with Crippen molar-refractivity contribution in [1.29, 1.82) is 0 Å². The molecule has 0 saturated carbocycles. The Labute approximate surface area is 109 Å². The number of likely N-dealkylation sites (tertiary alicyclic amines) is 1. The number of carbonyl (C=O) groups excluding carboxylic acids is 2. The van der Waals surface area contributed by atoms with Gasteiger partial charge in [-0.25, -0.2) is 0 Å². The van der Waals surface area contributed by atoms with E-state index in [1.807, 2.05) is 0 Å². The van der Waals surface area contributed by atoms with E-state index < -0.39 is 17.8 Å². The molecule has 1 atom stereocenters. The highest BCUT2D eigenvalue weighted by Crippen LogP contribution is 2.16. The summed E-state index contributed by atoms with van der Waals surface area (Å²) in [6.07, 6.45) is 1.82. The Bertz CT molecular complexity index is 482. The van der Waals surface area contributed by atoms with Crippen molar-refractivity contribution in [3.8, 4) is 0 Å². The summed E-state index contributed by atoms with van der Waals surface area (Å²) in [4.78, 5) is 35.5. The van der Waals surface area contributed by atoms with Crippen molar-refractivity contribution >= 4 is 17.8 Å². The largest absolute Gasteiger partial charge is 0.481 e. The maximum Gasteiger partial charge on any atom is 0.308 e. The summed E-state index contributed by atoms with van der Waals surface area (Å²) >= 11 is 0. The number of nitrogens with zero attached hydrogens (tertiary/aromatic N) is 1. The lowest BCUT2D eigenvalue weighted by molar-refractivity contribution is -0.141. The van der Waals surface area contributed by atoms with E-state index in [2.05, 4.69) is 5.32 Å². The summed E-state index contributed by atoms with van der Waals surface area (Å²) in [5.74, 6) is -2.02. The maximum atomic E-state index is 11.8. The summed E-state index contributed by atoms with van der Waals surface area (Å²) in [6.45, 7) is 0.448. The van der Waals surface area contributed by atoms with Gasteiger partial charge in [0.1, 0.15) is 0 Å². The first kappa shape index (κ1) is 13.1. The molecule has 1 aromatic heterocycles. The van der Waals surface area contributed by atoms with Gasteiger partial charge in [0.15, 0.2) is 5.76 Å². The minimum Gasteiger partial charge on any atom is -0.481 e. The summed E-state index contributed by atoms with van der Waals surface area (Å²) in [5, 5.41) is 11.3. The van der Waals surface area contributed by atoms with E-state index in [9.17, 15) is 14.4 Å². The van der Waals surface area contributed by atoms with Crippen LogP contribution in [-0.4, -0.2) is 47.4 Å². The molecule has 2 amide bonds. The Kier molecular flexibility index (Phi) is 3.84. The highest BCUT2D eigenvalue weighted by molar-refractivity contribution is 5.94. The average molecular weight is 266 g/mol. The van der Waals surface area contributed by atoms with Gasteiger partial charge >= 0.3 is 5.97 Å². The van der Waals surface area contributed by atoms with Crippen LogP contribution in [-0.2, 0) is 9.59 Å². The van der Waals surface area contributed by atoms with E-state index in [4.69, 9.17) is 9.52 Å². The zero-order valence-corrected chi connectivity index (χ0v) is 10.2. The van der Waals surface area contributed by atoms with Gasteiger partial charge in [0.05, 0.1) is 18.7 Å². The standard InChI is InChI=1S/C12H14N2O5/c15-10(14-4-3-8(7-14)12(17)18)6-13-11(16)9-2-1-5-19-9/h1-2,5,8H,3-4,6-7H2,(H,13,16)(H,17,18). The van der Waals surface area contributed by atoms with E-state index in [0.717, 1.165) is 0 Å². The van der Waals surface area contributed by atoms with Gasteiger partial charge in [0.2, 0.25) is 5.91 Å². The van der Waals surface area contributed by atoms with Gasteiger partial charge < -0.3 is 19.7 Å². The number of carboxylic acid groups (broad SMARTS) is 1. The minimum absolute atomic E-state index is 0.137. The number of aliphatic carboxylic acids is 1. The molecule has 0 bridgehead atoms. The second kappa shape index (κ2) is 5.55. The monoisotopic (exact) mass is 266 g/mol. The summed E-state index contributed by atoms with van der Waals surface area (Å²) in [5.41, 5.74) is 0. The number of furan rings is 1. The van der Waals surface area contributed by atoms with Crippen molar-refractivity contribution in [2.45, 2.75) is 6.42 Å². The first-order valence-electron chi connectivity index (χ1n) is 5.90. The van der Waals surface area contributed by atoms with Gasteiger partial charge in [-0.1, -0.05) is 0 Å². The molecule has 0 spiro atoms. The lowest BCUT2D eigenvalue weighted by Crippen LogP contribution is -2.39. The van der Waals surface area contributed by atoms with Crippen LogP contribution in [0.3, 0.4) is 0 Å². The van der Waals surface area contributed by atoms with E-state index >= 15 is 0 Å². The molecule has 2 N–H and O–H groups in total. The van der Waals surface area contributed by atoms with Gasteiger partial charge in [-0.15, -0.1) is 0 Å². The molecule has 1 unspecified atom stereocenters. The topological polar surface area (TPSA) is 99.9 Å². The third-order valence-corrected chi connectivity index (χ3v) is 3.04. The van der Waals surface area contributed by atoms with E-state index in [-0.39, 0.29) is 24.8 Å². The van der Waals surface area contributed by atoms with Gasteiger partial charge in [-0.05, 0) is 18.6 Å². The number of carboxylic acids is 1. The normalized spacial score (nSPS) is 18.3. The second-order valence-corrected chi connectivity index (χ2v) is 4.32. The van der Waals surface area contributed by atoms with E-state index in [1.165, 1.54) is 17.2 Å². The van der Waals surface area contributed by atoms with Gasteiger partial charge in [-0.3, -0.25) is 14.4 Å². The number of amides is 2. The zero-order chi connectivity index (χ0) is 13.8. The highest BCUT2D eigenvalue weighted by atomic mass is 16.4. The third-order valence-electron chi connectivity index (χ3n) is 3.04. The fourth-order valence-corrected chi connectivity index (χ4v) is 1.95. The van der Waals surface area contributed by atoms with Crippen molar-refractivity contribution in [2.24, 2.45) is 5.92 Å². The molecule has 1 aliphatic heterocycles. The molecular formula is C12H14N2O5. The molecule has 7 nitrogen and oxygen atoms in total. The van der Waals surface area contributed by atoms with Crippen molar-refractivity contribution < 1.29 is 23.9 Å². The predicted molar refractivity (Wildman–Crippen MR) is 63.4 cm³/mol. The van der Waals surface area contributed by atoms with Crippen LogP contribution in [0.5, 0.6) is 0 Å². The summed E-state index contributed by atoms with van der Waals surface area (Å²) in [6, 6.07) is 3.07. The molecule has 0 radical (unpaired) electrons. The van der Waals surface area contributed by atoms with Crippen LogP contribution in [0.4, 0.5) is 0 Å². The SMILES string of the molecule is O=C(NCC(=O)N1CCC(C(=O)O)C1)c1ccco1. The maximum absolute atomic E-state index is 11.8. The first-order chi connectivity index (χ1) is 9.08. The van der Waals surface area contributed by atoms with E-state index in [0.29, 0.717) is 13.0 Å². The zero-order valence-electron chi connectivity index (χ0n) is 10.2. The Balaban J connectivity index is 1.79. The van der Waals surface area contributed by atoms with Crippen molar-refractivity contribution in [3.63, 3.8) is 0 Å². The molecule has 2 heterocycles. The van der Waals surface area contributed by atoms with Crippen LogP contribution >= 0.6 is 0 Å². The fraction of sp³-hybridized carbons (Fsp3) is 0.417. The van der Waals surface area contributed by atoms with Crippen molar-refractivity contribution in [1.82, 2.24) is 10.2 Å². The molecule has 0 aromatic carbocycles. The Morgan fingerprint density at radius 2 is 2.26 bits per heavy atom. The molecule has 1 saturated heterocycles. The third kappa shape index (κ3) is 3.12. The number of nitrogens with one attached hydrogen (secondary N) is 1. The van der Waals surface area contributed by atoms with Gasteiger partial charge in [0.25, 0.3) is 5.91 Å². The average Bonchev–Trinajstić information content (AvgIpc) is 3.05. The van der Waals surface area contributed by atoms with Crippen LogP contribution in [0.1, 0.15) is 17.0 Å². The minimum atomic E-state index is -0.894. The van der Waals surface area contributed by atoms with Crippen molar-refractivity contribution in [3.05, 3.63) is 24.2 Å². The molecule has 19 heavy (non-hydrogen) atoms. The first-order valence-corrected chi connectivity index (χ1v) is 5.90. The number of carbonyl (C=O) groups is 3. The summed E-state index contributed by atoms with van der Waals surface area (Å²) in [7, 11) is 0. The molecule has 0 aliphatic carbocycles. The van der Waals surface area contributed by atoms with Crippen LogP contribution in [0.2, 0.25) is 0 Å². The molecule has 7 heteroatoms. The number of hydrogen-bond acceptors (Lipinski definition) is 4. The van der Waals surface area contributed by atoms with Crippen LogP contribution in [0.25, 0.3) is 0 Å². The summed E-state index contributed by atoms with van der Waals surface area (Å²) < 4.78 is 4.89. The lowest BCUT2D eigenvalue weighted by Gasteiger charge is -2.15. The highest BCUT2D eigenvalue weighted by Gasteiger charge is 2.30. The molecule has 2 rings (SSSR count). The molecule has 102 valence electrons. The van der Waals surface area contributed by atoms with Crippen LogP contribution < -0.4 is 5.32 Å². The van der Waals surface area contributed by atoms with E-state index in [1.54, 1.807) is 6.07 Å². The fourth-order valence-electron chi connectivity index (χ4n) is 1.95. The Hall–Kier alpha value is -2.31. The molecular weight excluding hydrogens is 252 g/mol. The van der Waals surface area contributed by atoms with Crippen LogP contribution in [0.15, 0.2) is 22.8 Å². The second-order valence-electron chi connectivity index (χ2n) is 4.32. The van der Waals surface area contributed by atoms with Gasteiger partial charge in [0, 0.05) is 13.1 Å². The number of rotatable bonds is 4. The molecule has 1 aliphatic rings. The predicted octanol–water partition coefficient (Wildman–Crippen LogP) is -0.0575. The smallest absolute Gasteiger partial charge is 0.308 e. The van der Waals surface area contributed by atoms with Crippen molar-refractivity contribution in [2.75, 3.05) is 19.6 Å². The Morgan fingerprint density at radius 1 is 1.47 bits per heavy atom. The molecule has 1 fully saturated rings. The van der Waals surface area contributed by atoms with Crippen LogP contribution in [0, 0.1) is 5.92 Å².